The Hall–Kier alpha value is -4.33. The minimum atomic E-state index is -5.01. The standard InChI is InChI=1S/C30H20ClF3N2O4S/c1-3-15-40-22-14-11-17-7-5-6-8-20(17)21(22)16-23-27(37)36-25(18-9-12-19(31)13-10-18)24(28(38)39-4-2)26(30(32,33)34)35-29(36)41-23/h1,5-14,16,25H,4,15H2,2H3/b23-16-/t25-/m0/s1. The number of allylic oxidation sites excluding steroid dienone is 1. The Balaban J connectivity index is 1.83. The highest BCUT2D eigenvalue weighted by atomic mass is 35.5. The summed E-state index contributed by atoms with van der Waals surface area (Å²) in [7, 11) is 0. The van der Waals surface area contributed by atoms with Crippen molar-refractivity contribution < 1.29 is 27.4 Å². The summed E-state index contributed by atoms with van der Waals surface area (Å²) in [5.74, 6) is 1.57. The molecule has 4 aromatic rings. The van der Waals surface area contributed by atoms with Crippen molar-refractivity contribution in [2.24, 2.45) is 4.99 Å². The monoisotopic (exact) mass is 596 g/mol. The Morgan fingerprint density at radius 3 is 2.59 bits per heavy atom. The molecule has 2 heterocycles. The van der Waals surface area contributed by atoms with Gasteiger partial charge in [-0.05, 0) is 47.5 Å². The molecule has 6 nitrogen and oxygen atoms in total. The SMILES string of the molecule is C#CCOc1ccc2ccccc2c1/C=c1\sc2n(c1=O)[C@@H](c1ccc(Cl)cc1)C(C(=O)OCC)=C(C(F)(F)F)N=2. The molecule has 0 saturated carbocycles. The molecule has 208 valence electrons. The number of thiazole rings is 1. The van der Waals surface area contributed by atoms with E-state index in [1.165, 1.54) is 37.3 Å². The third-order valence-electron chi connectivity index (χ3n) is 6.30. The molecule has 41 heavy (non-hydrogen) atoms. The zero-order valence-electron chi connectivity index (χ0n) is 21.4. The van der Waals surface area contributed by atoms with Crippen LogP contribution in [0.15, 0.2) is 81.7 Å². The predicted molar refractivity (Wildman–Crippen MR) is 151 cm³/mol. The highest BCUT2D eigenvalue weighted by molar-refractivity contribution is 7.07. The van der Waals surface area contributed by atoms with Gasteiger partial charge in [0.2, 0.25) is 0 Å². The second-order valence-electron chi connectivity index (χ2n) is 8.81. The van der Waals surface area contributed by atoms with Gasteiger partial charge in [0.05, 0.1) is 22.8 Å². The lowest BCUT2D eigenvalue weighted by molar-refractivity contribution is -0.140. The van der Waals surface area contributed by atoms with Gasteiger partial charge >= 0.3 is 12.1 Å². The van der Waals surface area contributed by atoms with Crippen LogP contribution in [0.4, 0.5) is 13.2 Å². The number of carbonyl (C=O) groups is 1. The van der Waals surface area contributed by atoms with Gasteiger partial charge in [-0.3, -0.25) is 9.36 Å². The molecule has 0 bridgehead atoms. The van der Waals surface area contributed by atoms with Gasteiger partial charge in [-0.1, -0.05) is 71.3 Å². The number of fused-ring (bicyclic) bond motifs is 2. The molecule has 0 unspecified atom stereocenters. The maximum atomic E-state index is 14.3. The van der Waals surface area contributed by atoms with Crippen LogP contribution in [0.3, 0.4) is 0 Å². The molecule has 1 aliphatic rings. The molecule has 0 fully saturated rings. The second-order valence-corrected chi connectivity index (χ2v) is 10.3. The highest BCUT2D eigenvalue weighted by Gasteiger charge is 2.45. The summed E-state index contributed by atoms with van der Waals surface area (Å²) in [5.41, 5.74) is -2.11. The largest absolute Gasteiger partial charge is 0.480 e. The Labute approximate surface area is 240 Å². The fraction of sp³-hybridized carbons (Fsp3) is 0.167. The van der Waals surface area contributed by atoms with E-state index < -0.39 is 35.0 Å². The number of esters is 1. The van der Waals surface area contributed by atoms with Crippen molar-refractivity contribution in [3.63, 3.8) is 0 Å². The summed E-state index contributed by atoms with van der Waals surface area (Å²) >= 11 is 6.79. The van der Waals surface area contributed by atoms with Crippen molar-refractivity contribution in [2.75, 3.05) is 13.2 Å². The molecule has 0 radical (unpaired) electrons. The van der Waals surface area contributed by atoms with E-state index in [4.69, 9.17) is 27.5 Å². The maximum absolute atomic E-state index is 14.3. The molecular formula is C30H20ClF3N2O4S. The lowest BCUT2D eigenvalue weighted by Crippen LogP contribution is -2.41. The van der Waals surface area contributed by atoms with E-state index in [0.717, 1.165) is 26.7 Å². The van der Waals surface area contributed by atoms with Gasteiger partial charge in [0.25, 0.3) is 5.56 Å². The van der Waals surface area contributed by atoms with Gasteiger partial charge in [0.15, 0.2) is 10.5 Å². The minimum absolute atomic E-state index is 0.0329. The van der Waals surface area contributed by atoms with E-state index in [-0.39, 0.29) is 28.1 Å². The van der Waals surface area contributed by atoms with Crippen molar-refractivity contribution >= 4 is 45.8 Å². The molecule has 0 aliphatic carbocycles. The van der Waals surface area contributed by atoms with Gasteiger partial charge < -0.3 is 9.47 Å². The summed E-state index contributed by atoms with van der Waals surface area (Å²) < 4.78 is 54.9. The van der Waals surface area contributed by atoms with Crippen molar-refractivity contribution in [1.82, 2.24) is 4.57 Å². The van der Waals surface area contributed by atoms with Gasteiger partial charge in [-0.25, -0.2) is 9.79 Å². The Morgan fingerprint density at radius 1 is 1.17 bits per heavy atom. The molecule has 5 rings (SSSR count). The number of alkyl halides is 3. The second kappa shape index (κ2) is 11.3. The van der Waals surface area contributed by atoms with E-state index in [1.807, 2.05) is 30.3 Å². The molecule has 1 atom stereocenters. The first-order chi connectivity index (χ1) is 19.6. The smallest absolute Gasteiger partial charge is 0.434 e. The predicted octanol–water partition coefficient (Wildman–Crippen LogP) is 5.16. The van der Waals surface area contributed by atoms with Crippen LogP contribution in [0.5, 0.6) is 5.75 Å². The van der Waals surface area contributed by atoms with Crippen LogP contribution in [0.25, 0.3) is 16.8 Å². The average Bonchev–Trinajstić information content (AvgIpc) is 3.26. The van der Waals surface area contributed by atoms with Gasteiger partial charge in [0.1, 0.15) is 12.4 Å². The average molecular weight is 597 g/mol. The lowest BCUT2D eigenvalue weighted by atomic mass is 9.95. The van der Waals surface area contributed by atoms with Crippen LogP contribution in [0.2, 0.25) is 5.02 Å². The van der Waals surface area contributed by atoms with Gasteiger partial charge in [0, 0.05) is 10.6 Å². The summed E-state index contributed by atoms with van der Waals surface area (Å²) in [5, 5.41) is 1.92. The van der Waals surface area contributed by atoms with E-state index in [9.17, 15) is 22.8 Å². The minimum Gasteiger partial charge on any atom is -0.480 e. The fourth-order valence-electron chi connectivity index (χ4n) is 4.60. The van der Waals surface area contributed by atoms with E-state index in [1.54, 1.807) is 6.07 Å². The van der Waals surface area contributed by atoms with Crippen LogP contribution in [-0.2, 0) is 9.53 Å². The number of hydrogen-bond acceptors (Lipinski definition) is 6. The fourth-order valence-corrected chi connectivity index (χ4v) is 5.71. The number of ether oxygens (including phenoxy) is 2. The molecular weight excluding hydrogens is 577 g/mol. The zero-order valence-corrected chi connectivity index (χ0v) is 22.9. The van der Waals surface area contributed by atoms with E-state index >= 15 is 0 Å². The Bertz CT molecular complexity index is 1920. The number of benzene rings is 3. The van der Waals surface area contributed by atoms with Gasteiger partial charge in [-0.15, -0.1) is 6.42 Å². The molecule has 0 spiro atoms. The van der Waals surface area contributed by atoms with Crippen LogP contribution >= 0.6 is 22.9 Å². The topological polar surface area (TPSA) is 69.9 Å². The van der Waals surface area contributed by atoms with E-state index in [0.29, 0.717) is 16.3 Å². The third-order valence-corrected chi connectivity index (χ3v) is 7.53. The number of aromatic nitrogens is 1. The normalized spacial score (nSPS) is 15.3. The molecule has 0 amide bonds. The summed E-state index contributed by atoms with van der Waals surface area (Å²) in [4.78, 5) is 30.5. The van der Waals surface area contributed by atoms with Crippen LogP contribution in [-0.4, -0.2) is 29.9 Å². The number of nitrogens with zero attached hydrogens (tertiary/aromatic N) is 2. The number of rotatable bonds is 6. The number of carbonyl (C=O) groups excluding carboxylic acids is 1. The van der Waals surface area contributed by atoms with Crippen molar-refractivity contribution in [2.45, 2.75) is 19.1 Å². The number of hydrogen-bond donors (Lipinski definition) is 0. The molecule has 3 aromatic carbocycles. The first-order valence-corrected chi connectivity index (χ1v) is 13.5. The molecule has 0 N–H and O–H groups in total. The first-order valence-electron chi connectivity index (χ1n) is 12.3. The lowest BCUT2D eigenvalue weighted by Gasteiger charge is -2.26. The Kier molecular flexibility index (Phi) is 7.76. The molecule has 1 aromatic heterocycles. The highest BCUT2D eigenvalue weighted by Crippen LogP contribution is 2.38. The van der Waals surface area contributed by atoms with E-state index in [2.05, 4.69) is 10.9 Å². The summed E-state index contributed by atoms with van der Waals surface area (Å²) in [6.45, 7) is 1.27. The van der Waals surface area contributed by atoms with Crippen LogP contribution < -0.4 is 19.6 Å². The molecule has 1 aliphatic heterocycles. The van der Waals surface area contributed by atoms with Crippen molar-refractivity contribution in [3.05, 3.63) is 108 Å². The maximum Gasteiger partial charge on any atom is 0.434 e. The Morgan fingerprint density at radius 2 is 1.90 bits per heavy atom. The molecule has 11 heteroatoms. The van der Waals surface area contributed by atoms with Crippen LogP contribution in [0, 0.1) is 12.3 Å². The quantitative estimate of drug-likeness (QED) is 0.228. The van der Waals surface area contributed by atoms with Crippen LogP contribution in [0.1, 0.15) is 24.1 Å². The van der Waals surface area contributed by atoms with Gasteiger partial charge in [-0.2, -0.15) is 13.2 Å². The van der Waals surface area contributed by atoms with Crippen molar-refractivity contribution in [1.29, 1.82) is 0 Å². The van der Waals surface area contributed by atoms with Crippen molar-refractivity contribution in [3.8, 4) is 18.1 Å². The summed E-state index contributed by atoms with van der Waals surface area (Å²) in [6, 6.07) is 15.3. The summed E-state index contributed by atoms with van der Waals surface area (Å²) in [6.07, 6.45) is 1.91. The third kappa shape index (κ3) is 5.38. The number of terminal acetylenes is 1. The molecule has 0 saturated heterocycles. The first kappa shape index (κ1) is 28.2. The number of halogens is 4. The zero-order chi connectivity index (χ0) is 29.3.